The Morgan fingerprint density at radius 1 is 1.37 bits per heavy atom. The minimum absolute atomic E-state index is 0.139. The summed E-state index contributed by atoms with van der Waals surface area (Å²) in [5.74, 6) is -0.358. The lowest BCUT2D eigenvalue weighted by Crippen LogP contribution is -2.21. The Bertz CT molecular complexity index is 652. The van der Waals surface area contributed by atoms with E-state index in [9.17, 15) is 0 Å². The maximum Gasteiger partial charge on any atom is 0.201 e. The first-order chi connectivity index (χ1) is 9.22. The van der Waals surface area contributed by atoms with Crippen LogP contribution < -0.4 is 11.2 Å². The van der Waals surface area contributed by atoms with Crippen LogP contribution in [0.25, 0.3) is 11.1 Å². The first-order valence-corrected chi connectivity index (χ1v) is 6.36. The monoisotopic (exact) mass is 269 g/mol. The summed E-state index contributed by atoms with van der Waals surface area (Å²) in [6.45, 7) is 0. The zero-order valence-electron chi connectivity index (χ0n) is 9.92. The van der Waals surface area contributed by atoms with Gasteiger partial charge in [0.25, 0.3) is 0 Å². The van der Waals surface area contributed by atoms with Gasteiger partial charge in [0.2, 0.25) is 5.71 Å². The Labute approximate surface area is 114 Å². The van der Waals surface area contributed by atoms with Crippen LogP contribution in [0.5, 0.6) is 0 Å². The Kier molecular flexibility index (Phi) is 3.90. The number of hydrazone groups is 1. The Morgan fingerprint density at radius 2 is 2.16 bits per heavy atom. The average molecular weight is 269 g/mol. The number of nitrogens with zero attached hydrogens (tertiary/aromatic N) is 2. The number of thiophene rings is 1. The van der Waals surface area contributed by atoms with Gasteiger partial charge >= 0.3 is 0 Å². The first-order valence-electron chi connectivity index (χ1n) is 5.42. The minimum atomic E-state index is -0.358. The van der Waals surface area contributed by atoms with E-state index in [0.29, 0.717) is 0 Å². The number of anilines is 1. The molecule has 0 spiro atoms. The molecule has 0 aliphatic carbocycles. The molecule has 2 aromatic rings. The summed E-state index contributed by atoms with van der Waals surface area (Å²) in [5, 5.41) is 23.8. The highest BCUT2D eigenvalue weighted by Crippen LogP contribution is 2.29. The van der Waals surface area contributed by atoms with Crippen LogP contribution >= 0.6 is 11.3 Å². The van der Waals surface area contributed by atoms with E-state index in [4.69, 9.17) is 16.4 Å². The van der Waals surface area contributed by atoms with Gasteiger partial charge in [0.05, 0.1) is 5.69 Å². The van der Waals surface area contributed by atoms with Gasteiger partial charge in [0, 0.05) is 5.56 Å². The Hall–Kier alpha value is -2.65. The van der Waals surface area contributed by atoms with E-state index in [0.717, 1.165) is 16.8 Å². The average Bonchev–Trinajstić information content (AvgIpc) is 2.93. The maximum absolute atomic E-state index is 8.79. The molecule has 1 aromatic carbocycles. The molecule has 0 saturated carbocycles. The van der Waals surface area contributed by atoms with Crippen molar-refractivity contribution in [2.45, 2.75) is 0 Å². The van der Waals surface area contributed by atoms with Crippen LogP contribution in [0.2, 0.25) is 0 Å². The molecule has 2 rings (SSSR count). The number of benzene rings is 1. The number of hydrogen-bond donors (Lipinski definition) is 3. The lowest BCUT2D eigenvalue weighted by atomic mass is 10.1. The van der Waals surface area contributed by atoms with Gasteiger partial charge in [0.1, 0.15) is 6.07 Å². The predicted octanol–water partition coefficient (Wildman–Crippen LogP) is 2.64. The van der Waals surface area contributed by atoms with Gasteiger partial charge in [0.15, 0.2) is 5.84 Å². The second-order valence-corrected chi connectivity index (χ2v) is 4.44. The van der Waals surface area contributed by atoms with Crippen LogP contribution in [0.15, 0.2) is 46.2 Å². The molecule has 6 heteroatoms. The fourth-order valence-corrected chi connectivity index (χ4v) is 2.17. The number of para-hydroxylation sites is 1. The van der Waals surface area contributed by atoms with E-state index in [1.54, 1.807) is 17.4 Å². The number of hydrogen-bond acceptors (Lipinski definition) is 5. The molecule has 0 fully saturated rings. The smallest absolute Gasteiger partial charge is 0.201 e. The van der Waals surface area contributed by atoms with E-state index in [1.807, 2.05) is 41.1 Å². The Morgan fingerprint density at radius 3 is 2.79 bits per heavy atom. The second kappa shape index (κ2) is 5.80. The molecule has 5 nitrogen and oxygen atoms in total. The van der Waals surface area contributed by atoms with Crippen LogP contribution in [0, 0.1) is 16.7 Å². The van der Waals surface area contributed by atoms with E-state index < -0.39 is 0 Å². The lowest BCUT2D eigenvalue weighted by Gasteiger charge is -2.07. The SMILES string of the molecule is N#C/C(=N\Nc1ccccc1-c1ccsc1)C(=N)N. The highest BCUT2D eigenvalue weighted by molar-refractivity contribution is 7.08. The molecule has 0 bridgehead atoms. The molecule has 0 aliphatic rings. The van der Waals surface area contributed by atoms with Gasteiger partial charge in [-0.25, -0.2) is 0 Å². The van der Waals surface area contributed by atoms with Crippen molar-refractivity contribution < 1.29 is 0 Å². The minimum Gasteiger partial charge on any atom is -0.382 e. The van der Waals surface area contributed by atoms with Crippen LogP contribution in [-0.4, -0.2) is 11.5 Å². The summed E-state index contributed by atoms with van der Waals surface area (Å²) in [5.41, 5.74) is 10.7. The molecule has 1 heterocycles. The zero-order valence-corrected chi connectivity index (χ0v) is 10.7. The quantitative estimate of drug-likeness (QED) is 0.452. The van der Waals surface area contributed by atoms with Gasteiger partial charge in [-0.15, -0.1) is 0 Å². The predicted molar refractivity (Wildman–Crippen MR) is 78.3 cm³/mol. The van der Waals surface area contributed by atoms with Crippen LogP contribution in [0.4, 0.5) is 5.69 Å². The summed E-state index contributed by atoms with van der Waals surface area (Å²) in [6, 6.07) is 11.4. The third-order valence-corrected chi connectivity index (χ3v) is 3.09. The van der Waals surface area contributed by atoms with Crippen LogP contribution in [-0.2, 0) is 0 Å². The summed E-state index contributed by atoms with van der Waals surface area (Å²) < 4.78 is 0. The molecule has 19 heavy (non-hydrogen) atoms. The van der Waals surface area contributed by atoms with E-state index in [-0.39, 0.29) is 11.5 Å². The van der Waals surface area contributed by atoms with Gasteiger partial charge in [-0.2, -0.15) is 21.7 Å². The number of nitrogens with one attached hydrogen (secondary N) is 2. The molecule has 0 radical (unpaired) electrons. The number of rotatable bonds is 4. The summed E-state index contributed by atoms with van der Waals surface area (Å²) in [7, 11) is 0. The fourth-order valence-electron chi connectivity index (χ4n) is 1.51. The fraction of sp³-hybridized carbons (Fsp3) is 0. The highest BCUT2D eigenvalue weighted by Gasteiger charge is 2.05. The standard InChI is InChI=1S/C13H11N5S/c14-7-12(13(15)16)18-17-11-4-2-1-3-10(11)9-5-6-19-8-9/h1-6,8,17H,(H3,15,16)/b18-12+. The molecular formula is C13H11N5S. The van der Waals surface area contributed by atoms with Gasteiger partial charge in [-0.1, -0.05) is 18.2 Å². The highest BCUT2D eigenvalue weighted by atomic mass is 32.1. The van der Waals surface area contributed by atoms with E-state index in [2.05, 4.69) is 10.5 Å². The van der Waals surface area contributed by atoms with Gasteiger partial charge in [-0.05, 0) is 28.5 Å². The van der Waals surface area contributed by atoms with Crippen molar-refractivity contribution in [1.29, 1.82) is 10.7 Å². The molecule has 0 aliphatic heterocycles. The van der Waals surface area contributed by atoms with Gasteiger partial charge in [-0.3, -0.25) is 10.8 Å². The molecule has 0 saturated heterocycles. The van der Waals surface area contributed by atoms with E-state index in [1.165, 1.54) is 0 Å². The van der Waals surface area contributed by atoms with Crippen molar-refractivity contribution >= 4 is 28.6 Å². The van der Waals surface area contributed by atoms with Crippen LogP contribution in [0.1, 0.15) is 0 Å². The van der Waals surface area contributed by atoms with Crippen molar-refractivity contribution in [2.75, 3.05) is 5.43 Å². The maximum atomic E-state index is 8.79. The zero-order chi connectivity index (χ0) is 13.7. The molecular weight excluding hydrogens is 258 g/mol. The topological polar surface area (TPSA) is 98.0 Å². The Balaban J connectivity index is 2.32. The van der Waals surface area contributed by atoms with Crippen molar-refractivity contribution in [3.05, 3.63) is 41.1 Å². The first kappa shape index (κ1) is 12.8. The van der Waals surface area contributed by atoms with Crippen molar-refractivity contribution in [3.8, 4) is 17.2 Å². The number of nitrogens with two attached hydrogens (primary N) is 1. The van der Waals surface area contributed by atoms with Crippen molar-refractivity contribution in [2.24, 2.45) is 10.8 Å². The third-order valence-electron chi connectivity index (χ3n) is 2.41. The summed E-state index contributed by atoms with van der Waals surface area (Å²) in [6.07, 6.45) is 0. The van der Waals surface area contributed by atoms with Crippen molar-refractivity contribution in [3.63, 3.8) is 0 Å². The lowest BCUT2D eigenvalue weighted by molar-refractivity contribution is 1.33. The third kappa shape index (κ3) is 2.97. The number of amidine groups is 1. The van der Waals surface area contributed by atoms with Gasteiger partial charge < -0.3 is 5.73 Å². The summed E-state index contributed by atoms with van der Waals surface area (Å²) >= 11 is 1.61. The molecule has 1 aromatic heterocycles. The van der Waals surface area contributed by atoms with Crippen molar-refractivity contribution in [1.82, 2.24) is 0 Å². The van der Waals surface area contributed by atoms with Crippen LogP contribution in [0.3, 0.4) is 0 Å². The molecule has 94 valence electrons. The molecule has 0 amide bonds. The molecule has 0 atom stereocenters. The second-order valence-electron chi connectivity index (χ2n) is 3.66. The normalized spacial score (nSPS) is 10.8. The largest absolute Gasteiger partial charge is 0.382 e. The summed E-state index contributed by atoms with van der Waals surface area (Å²) in [4.78, 5) is 0. The molecule has 4 N–H and O–H groups in total. The molecule has 0 unspecified atom stereocenters. The number of nitriles is 1. The van der Waals surface area contributed by atoms with E-state index >= 15 is 0 Å².